The highest BCUT2D eigenvalue weighted by atomic mass is 16.6. The first kappa shape index (κ1) is 25.0. The molecule has 2 amide bonds. The van der Waals surface area contributed by atoms with Crippen LogP contribution in [0.3, 0.4) is 0 Å². The average molecular weight is 453 g/mol. The first-order chi connectivity index (χ1) is 15.1. The minimum absolute atomic E-state index is 0.0485. The van der Waals surface area contributed by atoms with E-state index in [-0.39, 0.29) is 37.0 Å². The Morgan fingerprint density at radius 1 is 1.28 bits per heavy atom. The van der Waals surface area contributed by atoms with Crippen LogP contribution in [0.2, 0.25) is 0 Å². The number of nitrogens with zero attached hydrogens (tertiary/aromatic N) is 1. The zero-order valence-electron chi connectivity index (χ0n) is 20.3. The maximum Gasteiger partial charge on any atom is 0.312 e. The summed E-state index contributed by atoms with van der Waals surface area (Å²) in [6, 6.07) is -1.44. The van der Waals surface area contributed by atoms with Gasteiger partial charge < -0.3 is 24.8 Å². The summed E-state index contributed by atoms with van der Waals surface area (Å²) in [5, 5.41) is 13.3. The van der Waals surface area contributed by atoms with Crippen molar-refractivity contribution >= 4 is 17.8 Å². The topological polar surface area (TPSA) is 105 Å². The number of ether oxygens (including phenoxy) is 2. The Morgan fingerprint density at radius 3 is 2.53 bits per heavy atom. The number of carbonyl (C=O) groups excluding carboxylic acids is 3. The largest absolute Gasteiger partial charge is 0.466 e. The molecular formula is C24H40N2O6. The van der Waals surface area contributed by atoms with Crippen LogP contribution in [-0.4, -0.2) is 70.3 Å². The molecule has 0 radical (unpaired) electrons. The molecule has 3 aliphatic heterocycles. The fourth-order valence-electron chi connectivity index (χ4n) is 6.29. The molecule has 2 bridgehead atoms. The van der Waals surface area contributed by atoms with Gasteiger partial charge in [-0.2, -0.15) is 0 Å². The summed E-state index contributed by atoms with van der Waals surface area (Å²) in [7, 11) is 0. The van der Waals surface area contributed by atoms with E-state index in [9.17, 15) is 19.5 Å². The van der Waals surface area contributed by atoms with Gasteiger partial charge in [-0.05, 0) is 52.4 Å². The highest BCUT2D eigenvalue weighted by Crippen LogP contribution is 2.63. The molecule has 0 aromatic carbocycles. The van der Waals surface area contributed by atoms with E-state index < -0.39 is 41.1 Å². The van der Waals surface area contributed by atoms with Crippen LogP contribution in [0.4, 0.5) is 0 Å². The number of fused-ring (bicyclic) bond motifs is 1. The van der Waals surface area contributed by atoms with Gasteiger partial charge >= 0.3 is 5.97 Å². The highest BCUT2D eigenvalue weighted by Gasteiger charge is 2.78. The Kier molecular flexibility index (Phi) is 7.25. The molecule has 0 aromatic heterocycles. The van der Waals surface area contributed by atoms with E-state index >= 15 is 0 Å². The lowest BCUT2D eigenvalue weighted by Gasteiger charge is -2.38. The second kappa shape index (κ2) is 9.29. The van der Waals surface area contributed by atoms with Gasteiger partial charge in [0.25, 0.3) is 0 Å². The summed E-state index contributed by atoms with van der Waals surface area (Å²) >= 11 is 0. The van der Waals surface area contributed by atoms with E-state index in [2.05, 4.69) is 12.2 Å². The summed E-state index contributed by atoms with van der Waals surface area (Å²) in [5.41, 5.74) is -1.91. The van der Waals surface area contributed by atoms with Crippen LogP contribution in [0.25, 0.3) is 0 Å². The van der Waals surface area contributed by atoms with Gasteiger partial charge in [0.2, 0.25) is 11.8 Å². The Hall–Kier alpha value is -1.67. The molecule has 182 valence electrons. The normalized spacial score (nSPS) is 35.2. The third-order valence-corrected chi connectivity index (χ3v) is 7.46. The van der Waals surface area contributed by atoms with Gasteiger partial charge in [0, 0.05) is 6.04 Å². The third-order valence-electron chi connectivity index (χ3n) is 7.46. The van der Waals surface area contributed by atoms with Crippen molar-refractivity contribution in [1.29, 1.82) is 0 Å². The molecule has 1 spiro atoms. The van der Waals surface area contributed by atoms with Crippen molar-refractivity contribution in [2.45, 2.75) is 103 Å². The summed E-state index contributed by atoms with van der Waals surface area (Å²) in [6.07, 6.45) is 3.40. The van der Waals surface area contributed by atoms with Gasteiger partial charge in [-0.3, -0.25) is 14.4 Å². The molecular weight excluding hydrogens is 412 g/mol. The van der Waals surface area contributed by atoms with Crippen LogP contribution < -0.4 is 5.32 Å². The zero-order chi connectivity index (χ0) is 23.8. The lowest BCUT2D eigenvalue weighted by Crippen LogP contribution is -2.59. The molecule has 7 atom stereocenters. The van der Waals surface area contributed by atoms with Crippen LogP contribution in [0.1, 0.15) is 73.6 Å². The van der Waals surface area contributed by atoms with Crippen molar-refractivity contribution in [3.05, 3.63) is 0 Å². The van der Waals surface area contributed by atoms with Gasteiger partial charge in [0.15, 0.2) is 0 Å². The van der Waals surface area contributed by atoms with E-state index in [0.717, 1.165) is 12.8 Å². The number of nitrogens with one attached hydrogen (secondary N) is 1. The zero-order valence-corrected chi connectivity index (χ0v) is 20.3. The summed E-state index contributed by atoms with van der Waals surface area (Å²) < 4.78 is 11.9. The van der Waals surface area contributed by atoms with Crippen molar-refractivity contribution in [1.82, 2.24) is 10.2 Å². The Morgan fingerprint density at radius 2 is 1.97 bits per heavy atom. The second-order valence-corrected chi connectivity index (χ2v) is 10.4. The number of amides is 2. The van der Waals surface area contributed by atoms with E-state index in [0.29, 0.717) is 19.3 Å². The van der Waals surface area contributed by atoms with E-state index in [4.69, 9.17) is 9.47 Å². The SMILES string of the molecule is CCCC(C)NC(=O)C1N([C@@H](CO)CC(C)C)C(=O)[C@@H]2[C@H](C(=O)OCC)[C@]3(C)CCC12O3. The molecule has 8 heteroatoms. The number of likely N-dealkylation sites (tertiary alicyclic amines) is 1. The van der Waals surface area contributed by atoms with Crippen molar-refractivity contribution in [2.75, 3.05) is 13.2 Å². The number of aliphatic hydroxyl groups is 1. The van der Waals surface area contributed by atoms with Crippen LogP contribution in [0.5, 0.6) is 0 Å². The lowest BCUT2D eigenvalue weighted by molar-refractivity contribution is -0.160. The summed E-state index contributed by atoms with van der Waals surface area (Å²) in [5.74, 6) is -2.31. The molecule has 8 nitrogen and oxygen atoms in total. The molecule has 2 N–H and O–H groups in total. The average Bonchev–Trinajstić information content (AvgIpc) is 3.27. The Balaban J connectivity index is 2.05. The number of aliphatic hydroxyl groups excluding tert-OH is 1. The van der Waals surface area contributed by atoms with Crippen LogP contribution in [0, 0.1) is 17.8 Å². The van der Waals surface area contributed by atoms with Gasteiger partial charge in [0.1, 0.15) is 17.6 Å². The highest BCUT2D eigenvalue weighted by molar-refractivity contribution is 5.98. The van der Waals surface area contributed by atoms with Gasteiger partial charge in [-0.15, -0.1) is 0 Å². The minimum Gasteiger partial charge on any atom is -0.466 e. The van der Waals surface area contributed by atoms with Crippen molar-refractivity contribution in [3.8, 4) is 0 Å². The quantitative estimate of drug-likeness (QED) is 0.492. The number of rotatable bonds is 10. The molecule has 3 fully saturated rings. The van der Waals surface area contributed by atoms with Gasteiger partial charge in [-0.25, -0.2) is 0 Å². The van der Waals surface area contributed by atoms with Crippen molar-refractivity contribution < 1.29 is 29.0 Å². The molecule has 3 heterocycles. The van der Waals surface area contributed by atoms with E-state index in [1.807, 2.05) is 27.7 Å². The molecule has 3 rings (SSSR count). The number of hydrogen-bond acceptors (Lipinski definition) is 6. The molecule has 0 aromatic rings. The molecule has 0 aliphatic carbocycles. The Labute approximate surface area is 191 Å². The fourth-order valence-corrected chi connectivity index (χ4v) is 6.29. The van der Waals surface area contributed by atoms with Crippen LogP contribution in [-0.2, 0) is 23.9 Å². The van der Waals surface area contributed by atoms with Gasteiger partial charge in [0.05, 0.1) is 30.8 Å². The summed E-state index contributed by atoms with van der Waals surface area (Å²) in [4.78, 5) is 42.0. The monoisotopic (exact) mass is 452 g/mol. The predicted octanol–water partition coefficient (Wildman–Crippen LogP) is 2.03. The molecule has 0 saturated carbocycles. The van der Waals surface area contributed by atoms with Crippen molar-refractivity contribution in [3.63, 3.8) is 0 Å². The molecule has 32 heavy (non-hydrogen) atoms. The van der Waals surface area contributed by atoms with Crippen LogP contribution in [0.15, 0.2) is 0 Å². The fraction of sp³-hybridized carbons (Fsp3) is 0.875. The van der Waals surface area contributed by atoms with Crippen LogP contribution >= 0.6 is 0 Å². The maximum absolute atomic E-state index is 13.9. The first-order valence-corrected chi connectivity index (χ1v) is 12.2. The number of hydrogen-bond donors (Lipinski definition) is 2. The summed E-state index contributed by atoms with van der Waals surface area (Å²) in [6.45, 7) is 11.6. The smallest absolute Gasteiger partial charge is 0.312 e. The maximum atomic E-state index is 13.9. The molecule has 3 aliphatic rings. The Bertz CT molecular complexity index is 742. The minimum atomic E-state index is -1.08. The first-order valence-electron chi connectivity index (χ1n) is 12.2. The standard InChI is InChI=1S/C24H40N2O6/c1-7-9-15(5)25-20(28)19-24-11-10-23(6,32-24)18(22(30)31-8-2)17(24)21(29)26(19)16(13-27)12-14(3)4/h14-19,27H,7-13H2,1-6H3,(H,25,28)/t15?,16-,17+,18-,19?,23+,24?/m1/s1. The number of esters is 1. The molecule has 3 unspecified atom stereocenters. The van der Waals surface area contributed by atoms with E-state index in [1.54, 1.807) is 6.92 Å². The third kappa shape index (κ3) is 3.94. The lowest BCUT2D eigenvalue weighted by atomic mass is 9.66. The second-order valence-electron chi connectivity index (χ2n) is 10.4. The molecule has 3 saturated heterocycles. The number of carbonyl (C=O) groups is 3. The predicted molar refractivity (Wildman–Crippen MR) is 119 cm³/mol. The van der Waals surface area contributed by atoms with Crippen molar-refractivity contribution in [2.24, 2.45) is 17.8 Å². The van der Waals surface area contributed by atoms with E-state index in [1.165, 1.54) is 4.90 Å². The van der Waals surface area contributed by atoms with Gasteiger partial charge in [-0.1, -0.05) is 27.2 Å².